The van der Waals surface area contributed by atoms with E-state index in [9.17, 15) is 13.2 Å². The molecule has 0 bridgehead atoms. The second-order valence-electron chi connectivity index (χ2n) is 10.4. The van der Waals surface area contributed by atoms with Gasteiger partial charge in [0, 0.05) is 15.7 Å². The summed E-state index contributed by atoms with van der Waals surface area (Å²) in [5.74, 6) is -0.170. The molecular formula is C30H43BrN4O3S. The standard InChI is InChI=1S/C30H43BrN4O3S/c1-3-4-5-6-7-8-9-10-11-12-13-14-15-16-21-39(37,38)34-26-19-17-25(18-20-26)30(36)35-23-32-28-22-27(31)24(2)33-29(28)35/h17-20,22-23,34H,3-16,21H2,1-2H3. The highest BCUT2D eigenvalue weighted by Crippen LogP contribution is 2.21. The summed E-state index contributed by atoms with van der Waals surface area (Å²) in [4.78, 5) is 21.7. The van der Waals surface area contributed by atoms with Gasteiger partial charge in [-0.15, -0.1) is 0 Å². The van der Waals surface area contributed by atoms with Gasteiger partial charge in [0.25, 0.3) is 5.91 Å². The molecule has 0 unspecified atom stereocenters. The largest absolute Gasteiger partial charge is 0.284 e. The summed E-state index contributed by atoms with van der Waals surface area (Å²) < 4.78 is 29.9. The van der Waals surface area contributed by atoms with Gasteiger partial charge in [0.15, 0.2) is 5.65 Å². The zero-order valence-electron chi connectivity index (χ0n) is 23.4. The SMILES string of the molecule is CCCCCCCCCCCCCCCCS(=O)(=O)Nc1ccc(C(=O)n2cnc3cc(Br)c(C)nc32)cc1. The molecule has 1 aromatic carbocycles. The number of unbranched alkanes of at least 4 members (excludes halogenated alkanes) is 13. The molecule has 39 heavy (non-hydrogen) atoms. The van der Waals surface area contributed by atoms with E-state index in [1.807, 2.05) is 13.0 Å². The molecular weight excluding hydrogens is 576 g/mol. The summed E-state index contributed by atoms with van der Waals surface area (Å²) in [6, 6.07) is 8.29. The third-order valence-electron chi connectivity index (χ3n) is 7.04. The zero-order valence-corrected chi connectivity index (χ0v) is 25.8. The van der Waals surface area contributed by atoms with Gasteiger partial charge in [-0.25, -0.2) is 23.0 Å². The molecule has 0 atom stereocenters. The average Bonchev–Trinajstić information content (AvgIpc) is 3.31. The molecule has 0 fully saturated rings. The van der Waals surface area contributed by atoms with Crippen LogP contribution in [0.25, 0.3) is 11.2 Å². The number of halogens is 1. The van der Waals surface area contributed by atoms with Crippen molar-refractivity contribution < 1.29 is 13.2 Å². The maximum Gasteiger partial charge on any atom is 0.264 e. The summed E-state index contributed by atoms with van der Waals surface area (Å²) in [6.45, 7) is 4.11. The van der Waals surface area contributed by atoms with Gasteiger partial charge in [-0.05, 0) is 59.6 Å². The first kappa shape index (κ1) is 31.3. The number of fused-ring (bicyclic) bond motifs is 1. The van der Waals surface area contributed by atoms with E-state index in [2.05, 4.69) is 37.5 Å². The minimum Gasteiger partial charge on any atom is -0.284 e. The van der Waals surface area contributed by atoms with Crippen LogP contribution in [-0.2, 0) is 10.0 Å². The van der Waals surface area contributed by atoms with Crippen LogP contribution in [0.3, 0.4) is 0 Å². The van der Waals surface area contributed by atoms with Crippen molar-refractivity contribution in [3.8, 4) is 0 Å². The van der Waals surface area contributed by atoms with Gasteiger partial charge >= 0.3 is 0 Å². The Labute approximate surface area is 242 Å². The number of sulfonamides is 1. The first-order chi connectivity index (χ1) is 18.8. The predicted molar refractivity (Wildman–Crippen MR) is 164 cm³/mol. The smallest absolute Gasteiger partial charge is 0.264 e. The monoisotopic (exact) mass is 618 g/mol. The lowest BCUT2D eigenvalue weighted by atomic mass is 10.0. The number of imidazole rings is 1. The Morgan fingerprint density at radius 2 is 1.41 bits per heavy atom. The number of benzene rings is 1. The molecule has 3 aromatic rings. The van der Waals surface area contributed by atoms with Crippen LogP contribution in [0, 0.1) is 6.92 Å². The quantitative estimate of drug-likeness (QED) is 0.144. The number of rotatable bonds is 18. The molecule has 0 aliphatic carbocycles. The highest BCUT2D eigenvalue weighted by atomic mass is 79.9. The minimum absolute atomic E-state index is 0.104. The molecule has 0 aliphatic rings. The Kier molecular flexibility index (Phi) is 12.9. The molecule has 9 heteroatoms. The first-order valence-corrected chi connectivity index (χ1v) is 16.9. The molecule has 214 valence electrons. The molecule has 0 spiro atoms. The lowest BCUT2D eigenvalue weighted by Gasteiger charge is -2.09. The van der Waals surface area contributed by atoms with Gasteiger partial charge in [-0.1, -0.05) is 90.4 Å². The van der Waals surface area contributed by atoms with Crippen molar-refractivity contribution in [2.75, 3.05) is 10.5 Å². The van der Waals surface area contributed by atoms with E-state index < -0.39 is 10.0 Å². The van der Waals surface area contributed by atoms with E-state index in [4.69, 9.17) is 0 Å². The molecule has 0 radical (unpaired) electrons. The lowest BCUT2D eigenvalue weighted by Crippen LogP contribution is -2.17. The van der Waals surface area contributed by atoms with Gasteiger partial charge in [-0.2, -0.15) is 0 Å². The van der Waals surface area contributed by atoms with Crippen molar-refractivity contribution in [3.05, 3.63) is 52.4 Å². The number of hydrogen-bond acceptors (Lipinski definition) is 5. The summed E-state index contributed by atoms with van der Waals surface area (Å²) in [7, 11) is -3.43. The van der Waals surface area contributed by atoms with Crippen molar-refractivity contribution in [2.45, 2.75) is 104 Å². The van der Waals surface area contributed by atoms with Crippen molar-refractivity contribution in [1.82, 2.24) is 14.5 Å². The predicted octanol–water partition coefficient (Wildman–Crippen LogP) is 8.41. The number of carbonyl (C=O) groups excluding carboxylic acids is 1. The van der Waals surface area contributed by atoms with Gasteiger partial charge in [-0.3, -0.25) is 9.52 Å². The number of nitrogens with zero attached hydrogens (tertiary/aromatic N) is 3. The molecule has 0 amide bonds. The van der Waals surface area contributed by atoms with E-state index in [0.717, 1.165) is 23.0 Å². The number of anilines is 1. The maximum absolute atomic E-state index is 13.0. The number of hydrogen-bond donors (Lipinski definition) is 1. The van der Waals surface area contributed by atoms with Crippen molar-refractivity contribution >= 4 is 48.7 Å². The van der Waals surface area contributed by atoms with Crippen LogP contribution >= 0.6 is 15.9 Å². The van der Waals surface area contributed by atoms with Crippen LogP contribution in [0.5, 0.6) is 0 Å². The molecule has 0 saturated carbocycles. The van der Waals surface area contributed by atoms with E-state index in [0.29, 0.717) is 28.8 Å². The molecule has 2 heterocycles. The number of pyridine rings is 1. The fourth-order valence-electron chi connectivity index (χ4n) is 4.69. The average molecular weight is 620 g/mol. The summed E-state index contributed by atoms with van der Waals surface area (Å²) in [6.07, 6.45) is 18.7. The van der Waals surface area contributed by atoms with E-state index in [1.165, 1.54) is 81.5 Å². The number of aromatic nitrogens is 3. The van der Waals surface area contributed by atoms with Gasteiger partial charge < -0.3 is 0 Å². The molecule has 1 N–H and O–H groups in total. The van der Waals surface area contributed by atoms with Crippen molar-refractivity contribution in [3.63, 3.8) is 0 Å². The highest BCUT2D eigenvalue weighted by molar-refractivity contribution is 9.10. The number of carbonyl (C=O) groups is 1. The maximum atomic E-state index is 13.0. The normalized spacial score (nSPS) is 11.8. The molecule has 0 saturated heterocycles. The van der Waals surface area contributed by atoms with E-state index in [1.54, 1.807) is 24.3 Å². The van der Waals surface area contributed by atoms with Crippen LogP contribution in [-0.4, -0.2) is 34.6 Å². The van der Waals surface area contributed by atoms with Gasteiger partial charge in [0.2, 0.25) is 10.0 Å². The molecule has 3 rings (SSSR count). The van der Waals surface area contributed by atoms with Crippen molar-refractivity contribution in [2.24, 2.45) is 0 Å². The van der Waals surface area contributed by atoms with E-state index >= 15 is 0 Å². The van der Waals surface area contributed by atoms with Crippen LogP contribution in [0.4, 0.5) is 5.69 Å². The fourth-order valence-corrected chi connectivity index (χ4v) is 6.18. The third-order valence-corrected chi connectivity index (χ3v) is 9.22. The first-order valence-electron chi connectivity index (χ1n) is 14.5. The summed E-state index contributed by atoms with van der Waals surface area (Å²) in [5, 5.41) is 0. The minimum atomic E-state index is -3.43. The van der Waals surface area contributed by atoms with Gasteiger partial charge in [0.1, 0.15) is 11.8 Å². The Hall–Kier alpha value is -2.26. The highest BCUT2D eigenvalue weighted by Gasteiger charge is 2.16. The lowest BCUT2D eigenvalue weighted by molar-refractivity contribution is 0.0964. The molecule has 7 nitrogen and oxygen atoms in total. The fraction of sp³-hybridized carbons (Fsp3) is 0.567. The van der Waals surface area contributed by atoms with Crippen LogP contribution in [0.1, 0.15) is 113 Å². The van der Waals surface area contributed by atoms with Gasteiger partial charge in [0.05, 0.1) is 11.4 Å². The summed E-state index contributed by atoms with van der Waals surface area (Å²) >= 11 is 3.43. The Bertz CT molecular complexity index is 1290. The second kappa shape index (κ2) is 16.1. The number of nitrogens with one attached hydrogen (secondary N) is 1. The zero-order chi connectivity index (χ0) is 28.1. The van der Waals surface area contributed by atoms with E-state index in [-0.39, 0.29) is 11.7 Å². The Morgan fingerprint density at radius 1 is 0.872 bits per heavy atom. The Morgan fingerprint density at radius 3 is 1.97 bits per heavy atom. The van der Waals surface area contributed by atoms with Crippen LogP contribution < -0.4 is 4.72 Å². The summed E-state index contributed by atoms with van der Waals surface area (Å²) in [5.41, 5.74) is 2.74. The Balaban J connectivity index is 1.33. The molecule has 0 aliphatic heterocycles. The molecule has 2 aromatic heterocycles. The van der Waals surface area contributed by atoms with Crippen molar-refractivity contribution in [1.29, 1.82) is 0 Å². The second-order valence-corrected chi connectivity index (χ2v) is 13.1. The van der Waals surface area contributed by atoms with Crippen LogP contribution in [0.2, 0.25) is 0 Å². The topological polar surface area (TPSA) is 94.0 Å². The number of aryl methyl sites for hydroxylation is 1. The van der Waals surface area contributed by atoms with Crippen LogP contribution in [0.15, 0.2) is 41.1 Å². The third kappa shape index (κ3) is 10.3.